The van der Waals surface area contributed by atoms with Crippen LogP contribution in [0.4, 0.5) is 0 Å². The van der Waals surface area contributed by atoms with E-state index in [-0.39, 0.29) is 31.5 Å². The summed E-state index contributed by atoms with van der Waals surface area (Å²) in [6.07, 6.45) is 0. The number of aryl methyl sites for hydroxylation is 1. The van der Waals surface area contributed by atoms with E-state index in [1.165, 1.54) is 4.67 Å². The van der Waals surface area contributed by atoms with Crippen LogP contribution in [0.15, 0.2) is 24.3 Å². The zero-order chi connectivity index (χ0) is 21.7. The van der Waals surface area contributed by atoms with E-state index in [0.717, 1.165) is 11.1 Å². The van der Waals surface area contributed by atoms with Crippen molar-refractivity contribution >= 4 is 32.7 Å². The molecule has 1 aromatic carbocycles. The van der Waals surface area contributed by atoms with Crippen molar-refractivity contribution in [3.8, 4) is 0 Å². The summed E-state index contributed by atoms with van der Waals surface area (Å²) in [6, 6.07) is 6.87. The van der Waals surface area contributed by atoms with Gasteiger partial charge >= 0.3 is 15.3 Å². The predicted molar refractivity (Wildman–Crippen MR) is 117 cm³/mol. The van der Waals surface area contributed by atoms with Gasteiger partial charge in [-0.25, -0.2) is 9.24 Å². The van der Waals surface area contributed by atoms with Crippen LogP contribution in [0, 0.1) is 6.92 Å². The first-order chi connectivity index (χ1) is 13.8. The van der Waals surface area contributed by atoms with Crippen LogP contribution in [0.1, 0.15) is 44.9 Å². The summed E-state index contributed by atoms with van der Waals surface area (Å²) in [7, 11) is -7.46. The van der Waals surface area contributed by atoms with Gasteiger partial charge < -0.3 is 14.4 Å². The molecule has 1 N–H and O–H groups in total. The van der Waals surface area contributed by atoms with Gasteiger partial charge in [-0.15, -0.1) is 0 Å². The molecule has 2 rings (SSSR count). The third-order valence-electron chi connectivity index (χ3n) is 4.27. The van der Waals surface area contributed by atoms with Gasteiger partial charge in [0.25, 0.3) is 0 Å². The van der Waals surface area contributed by atoms with Gasteiger partial charge in [0.15, 0.2) is 10.9 Å². The van der Waals surface area contributed by atoms with Gasteiger partial charge in [0.1, 0.15) is 0 Å². The maximum Gasteiger partial charge on any atom is 0.437 e. The van der Waals surface area contributed by atoms with Crippen LogP contribution in [0.3, 0.4) is 0 Å². The van der Waals surface area contributed by atoms with Gasteiger partial charge in [-0.05, 0) is 52.4 Å². The van der Waals surface area contributed by atoms with E-state index in [4.69, 9.17) is 30.3 Å². The predicted octanol–water partition coefficient (Wildman–Crippen LogP) is 5.00. The molecular formula is C18H30N2O6P2S. The lowest BCUT2D eigenvalue weighted by Crippen LogP contribution is -2.30. The van der Waals surface area contributed by atoms with Crippen LogP contribution in [-0.2, 0) is 27.2 Å². The molecule has 0 aromatic heterocycles. The second-order valence-corrected chi connectivity index (χ2v) is 10.7. The van der Waals surface area contributed by atoms with Crippen molar-refractivity contribution in [3.63, 3.8) is 0 Å². The maximum atomic E-state index is 13.6. The monoisotopic (exact) mass is 464 g/mol. The summed E-state index contributed by atoms with van der Waals surface area (Å²) in [5.41, 5.74) is 1.80. The number of benzene rings is 1. The Kier molecular flexibility index (Phi) is 8.86. The Morgan fingerprint density at radius 2 is 1.41 bits per heavy atom. The molecule has 0 aliphatic carbocycles. The Balaban J connectivity index is 2.63. The van der Waals surface area contributed by atoms with Gasteiger partial charge in [-0.2, -0.15) is 0 Å². The van der Waals surface area contributed by atoms with E-state index in [1.54, 1.807) is 27.7 Å². The third kappa shape index (κ3) is 5.28. The van der Waals surface area contributed by atoms with Gasteiger partial charge in [0, 0.05) is 0 Å². The topological polar surface area (TPSA) is 86.3 Å². The number of nitrogens with zero attached hydrogens (tertiary/aromatic N) is 1. The van der Waals surface area contributed by atoms with E-state index >= 15 is 0 Å². The van der Waals surface area contributed by atoms with Crippen LogP contribution < -0.4 is 5.32 Å². The van der Waals surface area contributed by atoms with Gasteiger partial charge in [0.05, 0.1) is 32.5 Å². The summed E-state index contributed by atoms with van der Waals surface area (Å²) in [5.74, 6) is -0.869. The molecule has 8 nitrogen and oxygen atoms in total. The van der Waals surface area contributed by atoms with Gasteiger partial charge in [-0.3, -0.25) is 13.6 Å². The summed E-state index contributed by atoms with van der Waals surface area (Å²) < 4.78 is 50.9. The molecule has 0 bridgehead atoms. The van der Waals surface area contributed by atoms with Crippen LogP contribution in [0.2, 0.25) is 0 Å². The second kappa shape index (κ2) is 10.5. The lowest BCUT2D eigenvalue weighted by molar-refractivity contribution is 0.175. The molecular weight excluding hydrogens is 434 g/mol. The highest BCUT2D eigenvalue weighted by Crippen LogP contribution is 2.65. The van der Waals surface area contributed by atoms with Crippen LogP contribution in [-0.4, -0.2) is 42.0 Å². The lowest BCUT2D eigenvalue weighted by Gasteiger charge is -2.34. The van der Waals surface area contributed by atoms with Crippen molar-refractivity contribution in [1.82, 2.24) is 9.99 Å². The quantitative estimate of drug-likeness (QED) is 0.359. The molecule has 0 amide bonds. The van der Waals surface area contributed by atoms with E-state index in [1.807, 2.05) is 31.2 Å². The summed E-state index contributed by atoms with van der Waals surface area (Å²) >= 11 is 5.48. The second-order valence-electron chi connectivity index (χ2n) is 6.27. The van der Waals surface area contributed by atoms with Crippen molar-refractivity contribution in [1.29, 1.82) is 0 Å². The molecule has 0 unspecified atom stereocenters. The molecule has 164 valence electrons. The van der Waals surface area contributed by atoms with Gasteiger partial charge in [-0.1, -0.05) is 29.8 Å². The van der Waals surface area contributed by atoms with Crippen LogP contribution in [0.25, 0.3) is 0 Å². The Hall–Kier alpha value is -0.790. The third-order valence-corrected chi connectivity index (χ3v) is 9.19. The smallest absolute Gasteiger partial charge is 0.346 e. The Labute approximate surface area is 178 Å². The number of hydrogen-bond donors (Lipinski definition) is 1. The van der Waals surface area contributed by atoms with E-state index in [0.29, 0.717) is 0 Å². The molecule has 2 atom stereocenters. The minimum atomic E-state index is -3.80. The molecule has 1 saturated heterocycles. The molecule has 1 aliphatic heterocycles. The normalized spacial score (nSPS) is 20.2. The average molecular weight is 464 g/mol. The molecule has 0 radical (unpaired) electrons. The van der Waals surface area contributed by atoms with E-state index in [9.17, 15) is 9.13 Å². The molecule has 1 aliphatic rings. The first kappa shape index (κ1) is 24.5. The highest BCUT2D eigenvalue weighted by Gasteiger charge is 2.56. The first-order valence-corrected chi connectivity index (χ1v) is 13.2. The molecule has 29 heavy (non-hydrogen) atoms. The Bertz CT molecular complexity index is 771. The fourth-order valence-corrected chi connectivity index (χ4v) is 7.79. The average Bonchev–Trinajstić information content (AvgIpc) is 3.02. The van der Waals surface area contributed by atoms with E-state index < -0.39 is 27.2 Å². The van der Waals surface area contributed by atoms with E-state index in [2.05, 4.69) is 5.32 Å². The summed E-state index contributed by atoms with van der Waals surface area (Å²) in [4.78, 5) is 0. The standard InChI is InChI=1S/C18H30N2O6P2S/c1-6-23-27(21,24-7-2)17-16(15-12-10-14(5)11-13-15)20(18(29)19-17)28(22,25-8-3)26-9-4/h10-13,16-17H,6-9H2,1-5H3,(H,19,29)/t16-,17-/m0/s1. The minimum Gasteiger partial charge on any atom is -0.346 e. The van der Waals surface area contributed by atoms with Crippen molar-refractivity contribution in [2.75, 3.05) is 26.4 Å². The molecule has 1 fully saturated rings. The maximum absolute atomic E-state index is 13.6. The van der Waals surface area contributed by atoms with Crippen molar-refractivity contribution < 1.29 is 27.2 Å². The summed E-state index contributed by atoms with van der Waals surface area (Å²) in [6.45, 7) is 9.60. The Morgan fingerprint density at radius 3 is 1.86 bits per heavy atom. The number of thiocarbonyl (C=S) groups is 1. The first-order valence-electron chi connectivity index (χ1n) is 9.70. The molecule has 0 saturated carbocycles. The number of hydrogen-bond acceptors (Lipinski definition) is 7. The zero-order valence-electron chi connectivity index (χ0n) is 17.5. The fourth-order valence-electron chi connectivity index (χ4n) is 3.18. The number of nitrogens with one attached hydrogen (secondary N) is 1. The minimum absolute atomic E-state index is 0.116. The zero-order valence-corrected chi connectivity index (χ0v) is 20.1. The SMILES string of the molecule is CCOP(=O)(OCC)[C@@H]1NC(=S)N(P(=O)(OCC)OCC)[C@H]1c1ccc(C)cc1. The lowest BCUT2D eigenvalue weighted by atomic mass is 10.1. The van der Waals surface area contributed by atoms with Crippen molar-refractivity contribution in [3.05, 3.63) is 35.4 Å². The largest absolute Gasteiger partial charge is 0.437 e. The molecule has 0 spiro atoms. The van der Waals surface area contributed by atoms with Crippen molar-refractivity contribution in [2.24, 2.45) is 0 Å². The Morgan fingerprint density at radius 1 is 0.931 bits per heavy atom. The van der Waals surface area contributed by atoms with Crippen molar-refractivity contribution in [2.45, 2.75) is 46.4 Å². The highest BCUT2D eigenvalue weighted by atomic mass is 32.1. The summed E-state index contributed by atoms with van der Waals surface area (Å²) in [5, 5.41) is 3.13. The molecule has 11 heteroatoms. The van der Waals surface area contributed by atoms with Crippen LogP contribution in [0.5, 0.6) is 0 Å². The number of rotatable bonds is 11. The molecule has 1 aromatic rings. The highest BCUT2D eigenvalue weighted by molar-refractivity contribution is 7.81. The fraction of sp³-hybridized carbons (Fsp3) is 0.611. The van der Waals surface area contributed by atoms with Gasteiger partial charge in [0.2, 0.25) is 0 Å². The van der Waals surface area contributed by atoms with Crippen LogP contribution >= 0.6 is 27.6 Å². The molecule has 1 heterocycles.